The first kappa shape index (κ1) is 17.3. The number of anilines is 1. The van der Waals surface area contributed by atoms with Crippen molar-refractivity contribution in [1.29, 1.82) is 0 Å². The van der Waals surface area contributed by atoms with Crippen molar-refractivity contribution in [2.24, 2.45) is 7.05 Å². The van der Waals surface area contributed by atoms with Crippen LogP contribution in [0.2, 0.25) is 5.02 Å². The summed E-state index contributed by atoms with van der Waals surface area (Å²) in [6.07, 6.45) is 0.162. The van der Waals surface area contributed by atoms with Gasteiger partial charge >= 0.3 is 0 Å². The second-order valence-corrected chi connectivity index (χ2v) is 6.71. The summed E-state index contributed by atoms with van der Waals surface area (Å²) >= 11 is 7.09. The minimum absolute atomic E-state index is 0.0238. The Morgan fingerprint density at radius 3 is 2.80 bits per heavy atom. The lowest BCUT2D eigenvalue weighted by atomic mass is 10.1. The monoisotopic (exact) mass is 374 g/mol. The maximum atomic E-state index is 12.5. The van der Waals surface area contributed by atoms with Gasteiger partial charge in [0.05, 0.1) is 6.42 Å². The fourth-order valence-corrected chi connectivity index (χ4v) is 3.21. The van der Waals surface area contributed by atoms with E-state index >= 15 is 0 Å². The molecule has 3 rings (SSSR count). The number of hydrogen-bond acceptors (Lipinski definition) is 5. The minimum Gasteiger partial charge on any atom is -0.340 e. The Morgan fingerprint density at radius 2 is 2.08 bits per heavy atom. The highest BCUT2D eigenvalue weighted by atomic mass is 35.5. The summed E-state index contributed by atoms with van der Waals surface area (Å²) in [6, 6.07) is 11.0. The number of benzene rings is 1. The van der Waals surface area contributed by atoms with Crippen LogP contribution in [0, 0.1) is 0 Å². The highest BCUT2D eigenvalue weighted by Crippen LogP contribution is 2.25. The van der Waals surface area contributed by atoms with E-state index in [0.29, 0.717) is 21.7 Å². The summed E-state index contributed by atoms with van der Waals surface area (Å²) in [5, 5.41) is 3.72. The Bertz CT molecular complexity index is 948. The van der Waals surface area contributed by atoms with E-state index in [9.17, 15) is 9.59 Å². The Morgan fingerprint density at radius 1 is 1.28 bits per heavy atom. The van der Waals surface area contributed by atoms with Gasteiger partial charge in [-0.05, 0) is 36.8 Å². The van der Waals surface area contributed by atoms with E-state index in [-0.39, 0.29) is 18.1 Å². The zero-order valence-electron chi connectivity index (χ0n) is 13.6. The molecule has 0 saturated carbocycles. The largest absolute Gasteiger partial charge is 0.340 e. The number of halogens is 1. The first-order valence-electron chi connectivity index (χ1n) is 7.49. The average molecular weight is 375 g/mol. The maximum absolute atomic E-state index is 12.5. The van der Waals surface area contributed by atoms with Crippen LogP contribution in [-0.4, -0.2) is 25.6 Å². The summed E-state index contributed by atoms with van der Waals surface area (Å²) in [6.45, 7) is 1.47. The molecule has 6 nitrogen and oxygen atoms in total. The molecule has 0 bridgehead atoms. The number of nitrogens with one attached hydrogen (secondary N) is 1. The standard InChI is InChI=1S/C17H15ClN4O2S/c1-10(23)8-15-19-17(25-21-15)20-16(24)14-7-6-13(22(14)2)11-4-3-5-12(18)9-11/h3-7,9H,8H2,1-2H3,(H,19,20,21,24). The van der Waals surface area contributed by atoms with Gasteiger partial charge in [0.1, 0.15) is 11.5 Å². The van der Waals surface area contributed by atoms with Crippen molar-refractivity contribution in [1.82, 2.24) is 13.9 Å². The number of hydrogen-bond donors (Lipinski definition) is 1. The summed E-state index contributed by atoms with van der Waals surface area (Å²) in [7, 11) is 1.81. The predicted molar refractivity (Wildman–Crippen MR) is 98.1 cm³/mol. The molecule has 0 spiro atoms. The molecule has 25 heavy (non-hydrogen) atoms. The van der Waals surface area contributed by atoms with Crippen molar-refractivity contribution in [2.45, 2.75) is 13.3 Å². The molecule has 0 aliphatic rings. The van der Waals surface area contributed by atoms with Crippen molar-refractivity contribution < 1.29 is 9.59 Å². The smallest absolute Gasteiger partial charge is 0.274 e. The van der Waals surface area contributed by atoms with Crippen molar-refractivity contribution >= 4 is 40.0 Å². The number of rotatable bonds is 5. The van der Waals surface area contributed by atoms with E-state index in [1.54, 1.807) is 16.7 Å². The molecule has 0 unspecified atom stereocenters. The van der Waals surface area contributed by atoms with E-state index < -0.39 is 0 Å². The van der Waals surface area contributed by atoms with Crippen LogP contribution in [0.1, 0.15) is 23.2 Å². The van der Waals surface area contributed by atoms with E-state index in [1.165, 1.54) is 6.92 Å². The zero-order valence-corrected chi connectivity index (χ0v) is 15.2. The van der Waals surface area contributed by atoms with Gasteiger partial charge in [0, 0.05) is 29.3 Å². The first-order valence-corrected chi connectivity index (χ1v) is 8.64. The molecule has 2 heterocycles. The van der Waals surface area contributed by atoms with Gasteiger partial charge in [-0.25, -0.2) is 4.98 Å². The van der Waals surface area contributed by atoms with Gasteiger partial charge in [-0.15, -0.1) is 0 Å². The number of amides is 1. The second-order valence-electron chi connectivity index (χ2n) is 5.52. The van der Waals surface area contributed by atoms with E-state index in [0.717, 1.165) is 22.8 Å². The molecule has 0 aliphatic heterocycles. The number of carbonyl (C=O) groups excluding carboxylic acids is 2. The lowest BCUT2D eigenvalue weighted by Crippen LogP contribution is -2.16. The van der Waals surface area contributed by atoms with E-state index in [1.807, 2.05) is 31.3 Å². The average Bonchev–Trinajstić information content (AvgIpc) is 3.13. The summed E-state index contributed by atoms with van der Waals surface area (Å²) in [4.78, 5) is 27.7. The first-order chi connectivity index (χ1) is 11.9. The van der Waals surface area contributed by atoms with Crippen LogP contribution < -0.4 is 5.32 Å². The molecule has 0 aliphatic carbocycles. The molecular weight excluding hydrogens is 360 g/mol. The number of carbonyl (C=O) groups is 2. The van der Waals surface area contributed by atoms with Crippen LogP contribution in [-0.2, 0) is 18.3 Å². The lowest BCUT2D eigenvalue weighted by Gasteiger charge is -2.07. The zero-order chi connectivity index (χ0) is 18.0. The van der Waals surface area contributed by atoms with Gasteiger partial charge < -0.3 is 4.57 Å². The Hall–Kier alpha value is -2.51. The molecule has 0 radical (unpaired) electrons. The molecule has 1 amide bonds. The molecule has 0 saturated heterocycles. The topological polar surface area (TPSA) is 76.9 Å². The van der Waals surface area contributed by atoms with Gasteiger partial charge in [0.2, 0.25) is 5.13 Å². The third-order valence-electron chi connectivity index (χ3n) is 3.57. The third-order valence-corrected chi connectivity index (χ3v) is 4.47. The number of nitrogens with zero attached hydrogens (tertiary/aromatic N) is 3. The third kappa shape index (κ3) is 3.94. The SMILES string of the molecule is CC(=O)Cc1nsc(NC(=O)c2ccc(-c3cccc(Cl)c3)n2C)n1. The molecule has 1 N–H and O–H groups in total. The molecule has 1 aromatic carbocycles. The van der Waals surface area contributed by atoms with Crippen LogP contribution in [0.25, 0.3) is 11.3 Å². The quantitative estimate of drug-likeness (QED) is 0.740. The molecule has 128 valence electrons. The molecule has 2 aromatic heterocycles. The van der Waals surface area contributed by atoms with Crippen molar-refractivity contribution in [3.63, 3.8) is 0 Å². The van der Waals surface area contributed by atoms with Gasteiger partial charge in [-0.2, -0.15) is 4.37 Å². The van der Waals surface area contributed by atoms with Crippen molar-refractivity contribution in [3.05, 3.63) is 52.9 Å². The van der Waals surface area contributed by atoms with Gasteiger partial charge in [0.15, 0.2) is 5.82 Å². The van der Waals surface area contributed by atoms with E-state index in [4.69, 9.17) is 11.6 Å². The molecule has 0 fully saturated rings. The molecule has 8 heteroatoms. The number of Topliss-reactive ketones (excluding diaryl/α,β-unsaturated/α-hetero) is 1. The molecule has 3 aromatic rings. The molecular formula is C17H15ClN4O2S. The van der Waals surface area contributed by atoms with Crippen LogP contribution in [0.15, 0.2) is 36.4 Å². The van der Waals surface area contributed by atoms with Gasteiger partial charge in [0.25, 0.3) is 5.91 Å². The van der Waals surface area contributed by atoms with Crippen molar-refractivity contribution in [3.8, 4) is 11.3 Å². The van der Waals surface area contributed by atoms with Crippen molar-refractivity contribution in [2.75, 3.05) is 5.32 Å². The highest BCUT2D eigenvalue weighted by molar-refractivity contribution is 7.09. The molecule has 0 atom stereocenters. The summed E-state index contributed by atoms with van der Waals surface area (Å²) < 4.78 is 5.85. The minimum atomic E-state index is -0.290. The number of aromatic nitrogens is 3. The predicted octanol–water partition coefficient (Wildman–Crippen LogP) is 3.58. The van der Waals surface area contributed by atoms with Gasteiger partial charge in [-0.1, -0.05) is 23.7 Å². The Kier molecular flexibility index (Phi) is 4.96. The summed E-state index contributed by atoms with van der Waals surface area (Å²) in [5.41, 5.74) is 2.29. The van der Waals surface area contributed by atoms with Crippen LogP contribution in [0.5, 0.6) is 0 Å². The fraction of sp³-hybridized carbons (Fsp3) is 0.176. The van der Waals surface area contributed by atoms with Crippen LogP contribution in [0.4, 0.5) is 5.13 Å². The normalized spacial score (nSPS) is 10.7. The van der Waals surface area contributed by atoms with Crippen LogP contribution in [0.3, 0.4) is 0 Å². The maximum Gasteiger partial charge on any atom is 0.274 e. The highest BCUT2D eigenvalue weighted by Gasteiger charge is 2.16. The van der Waals surface area contributed by atoms with E-state index in [2.05, 4.69) is 14.7 Å². The lowest BCUT2D eigenvalue weighted by molar-refractivity contribution is -0.116. The summed E-state index contributed by atoms with van der Waals surface area (Å²) in [5.74, 6) is 0.102. The Labute approximate surface area is 153 Å². The fourth-order valence-electron chi connectivity index (χ4n) is 2.44. The van der Waals surface area contributed by atoms with Gasteiger partial charge in [-0.3, -0.25) is 14.9 Å². The van der Waals surface area contributed by atoms with Crippen LogP contribution >= 0.6 is 23.1 Å². The Balaban J connectivity index is 1.79. The second kappa shape index (κ2) is 7.16. The number of ketones is 1.